The molecule has 2 aromatic carbocycles. The highest BCUT2D eigenvalue weighted by Gasteiger charge is 2.13. The number of anilines is 2. The number of benzene rings is 2. The van der Waals surface area contributed by atoms with Crippen LogP contribution in [-0.4, -0.2) is 24.1 Å². The van der Waals surface area contributed by atoms with Crippen LogP contribution in [0.1, 0.15) is 12.8 Å². The molecular formula is C19H20N4O3S. The van der Waals surface area contributed by atoms with E-state index in [0.717, 1.165) is 0 Å². The summed E-state index contributed by atoms with van der Waals surface area (Å²) in [6.45, 7) is 0.664. The number of amides is 1. The number of sulfonamides is 1. The number of carbonyl (C=O) groups is 1. The molecule has 0 unspecified atom stereocenters. The zero-order valence-electron chi connectivity index (χ0n) is 14.6. The smallest absolute Gasteiger partial charge is 0.261 e. The van der Waals surface area contributed by atoms with Crippen LogP contribution in [0.3, 0.4) is 0 Å². The van der Waals surface area contributed by atoms with Crippen LogP contribution in [0.25, 0.3) is 0 Å². The molecule has 1 amide bonds. The number of hydrogen-bond donors (Lipinski definition) is 2. The maximum Gasteiger partial charge on any atom is 0.261 e. The Morgan fingerprint density at radius 2 is 1.78 bits per heavy atom. The van der Waals surface area contributed by atoms with Gasteiger partial charge >= 0.3 is 0 Å². The molecule has 0 atom stereocenters. The molecule has 1 heterocycles. The SMILES string of the molecule is O=C(CCCn1cccn1)Nc1cccc(NS(=O)(=O)c2ccccc2)c1. The Morgan fingerprint density at radius 3 is 2.52 bits per heavy atom. The molecule has 0 spiro atoms. The lowest BCUT2D eigenvalue weighted by Gasteiger charge is -2.10. The lowest BCUT2D eigenvalue weighted by molar-refractivity contribution is -0.116. The predicted molar refractivity (Wildman–Crippen MR) is 104 cm³/mol. The monoisotopic (exact) mass is 384 g/mol. The van der Waals surface area contributed by atoms with E-state index in [1.165, 1.54) is 12.1 Å². The van der Waals surface area contributed by atoms with Crippen LogP contribution in [0, 0.1) is 0 Å². The van der Waals surface area contributed by atoms with Gasteiger partial charge in [0.15, 0.2) is 0 Å². The van der Waals surface area contributed by atoms with Gasteiger partial charge in [-0.1, -0.05) is 24.3 Å². The Kier molecular flexibility index (Phi) is 5.87. The Bertz CT molecular complexity index is 987. The summed E-state index contributed by atoms with van der Waals surface area (Å²) in [5.74, 6) is -0.134. The predicted octanol–water partition coefficient (Wildman–Crippen LogP) is 3.10. The summed E-state index contributed by atoms with van der Waals surface area (Å²) in [5, 5.41) is 6.87. The van der Waals surface area contributed by atoms with Crippen LogP contribution in [-0.2, 0) is 21.4 Å². The maximum absolute atomic E-state index is 12.4. The molecule has 3 aromatic rings. The molecule has 7 nitrogen and oxygen atoms in total. The van der Waals surface area contributed by atoms with Crippen molar-refractivity contribution < 1.29 is 13.2 Å². The highest BCUT2D eigenvalue weighted by molar-refractivity contribution is 7.92. The van der Waals surface area contributed by atoms with Crippen LogP contribution in [0.5, 0.6) is 0 Å². The molecule has 0 saturated heterocycles. The third-order valence-electron chi connectivity index (χ3n) is 3.80. The largest absolute Gasteiger partial charge is 0.326 e. The fourth-order valence-corrected chi connectivity index (χ4v) is 3.60. The summed E-state index contributed by atoms with van der Waals surface area (Å²) in [4.78, 5) is 12.3. The van der Waals surface area contributed by atoms with Crippen molar-refractivity contribution in [1.82, 2.24) is 9.78 Å². The van der Waals surface area contributed by atoms with Crippen molar-refractivity contribution in [3.8, 4) is 0 Å². The highest BCUT2D eigenvalue weighted by atomic mass is 32.2. The van der Waals surface area contributed by atoms with E-state index in [0.29, 0.717) is 30.8 Å². The van der Waals surface area contributed by atoms with Gasteiger partial charge in [-0.15, -0.1) is 0 Å². The first-order chi connectivity index (χ1) is 13.0. The number of rotatable bonds is 8. The molecule has 0 bridgehead atoms. The second kappa shape index (κ2) is 8.50. The summed E-state index contributed by atoms with van der Waals surface area (Å²) in [7, 11) is -3.67. The van der Waals surface area contributed by atoms with Gasteiger partial charge in [0.05, 0.1) is 10.6 Å². The zero-order valence-corrected chi connectivity index (χ0v) is 15.4. The first kappa shape index (κ1) is 18.7. The van der Waals surface area contributed by atoms with E-state index in [4.69, 9.17) is 0 Å². The van der Waals surface area contributed by atoms with Gasteiger partial charge in [-0.3, -0.25) is 14.2 Å². The van der Waals surface area contributed by atoms with Crippen LogP contribution in [0.15, 0.2) is 78.0 Å². The summed E-state index contributed by atoms with van der Waals surface area (Å²) in [6, 6.07) is 16.6. The minimum Gasteiger partial charge on any atom is -0.326 e. The average molecular weight is 384 g/mol. The van der Waals surface area contributed by atoms with Crippen molar-refractivity contribution in [2.45, 2.75) is 24.3 Å². The van der Waals surface area contributed by atoms with Crippen LogP contribution >= 0.6 is 0 Å². The topological polar surface area (TPSA) is 93.1 Å². The first-order valence-electron chi connectivity index (χ1n) is 8.48. The molecule has 8 heteroatoms. The Morgan fingerprint density at radius 1 is 1.00 bits per heavy atom. The van der Waals surface area contributed by atoms with E-state index >= 15 is 0 Å². The Balaban J connectivity index is 1.57. The number of aryl methyl sites for hydroxylation is 1. The maximum atomic E-state index is 12.4. The summed E-state index contributed by atoms with van der Waals surface area (Å²) < 4.78 is 29.1. The molecular weight excluding hydrogens is 364 g/mol. The highest BCUT2D eigenvalue weighted by Crippen LogP contribution is 2.19. The lowest BCUT2D eigenvalue weighted by atomic mass is 10.2. The molecule has 140 valence electrons. The zero-order chi connectivity index (χ0) is 19.1. The average Bonchev–Trinajstić information content (AvgIpc) is 3.16. The van der Waals surface area contributed by atoms with Crippen LogP contribution in [0.2, 0.25) is 0 Å². The molecule has 0 fully saturated rings. The summed E-state index contributed by atoms with van der Waals surface area (Å²) >= 11 is 0. The lowest BCUT2D eigenvalue weighted by Crippen LogP contribution is -2.14. The van der Waals surface area contributed by atoms with E-state index in [1.54, 1.807) is 53.3 Å². The number of hydrogen-bond acceptors (Lipinski definition) is 4. The third kappa shape index (κ3) is 5.42. The Hall–Kier alpha value is -3.13. The van der Waals surface area contributed by atoms with Gasteiger partial charge in [-0.2, -0.15) is 5.10 Å². The number of aromatic nitrogens is 2. The second-order valence-electron chi connectivity index (χ2n) is 5.92. The number of carbonyl (C=O) groups excluding carboxylic acids is 1. The van der Waals surface area contributed by atoms with Gasteiger partial charge in [-0.25, -0.2) is 8.42 Å². The molecule has 0 saturated carbocycles. The normalized spacial score (nSPS) is 11.1. The fraction of sp³-hybridized carbons (Fsp3) is 0.158. The van der Waals surface area contributed by atoms with Crippen molar-refractivity contribution in [3.05, 3.63) is 73.1 Å². The van der Waals surface area contributed by atoms with Crippen LogP contribution < -0.4 is 10.0 Å². The Labute approximate surface area is 158 Å². The summed E-state index contributed by atoms with van der Waals surface area (Å²) in [5.41, 5.74) is 0.917. The number of nitrogens with zero attached hydrogens (tertiary/aromatic N) is 2. The van der Waals surface area contributed by atoms with Crippen molar-refractivity contribution in [3.63, 3.8) is 0 Å². The molecule has 27 heavy (non-hydrogen) atoms. The number of nitrogens with one attached hydrogen (secondary N) is 2. The molecule has 1 aromatic heterocycles. The first-order valence-corrected chi connectivity index (χ1v) is 9.96. The van der Waals surface area contributed by atoms with E-state index in [1.807, 2.05) is 12.3 Å². The van der Waals surface area contributed by atoms with Crippen molar-refractivity contribution in [1.29, 1.82) is 0 Å². The van der Waals surface area contributed by atoms with Gasteiger partial charge in [0.25, 0.3) is 10.0 Å². The van der Waals surface area contributed by atoms with Gasteiger partial charge in [0.1, 0.15) is 0 Å². The second-order valence-corrected chi connectivity index (χ2v) is 7.60. The standard InChI is InChI=1S/C19H20N4O3S/c24-19(11-5-13-23-14-6-12-20-23)21-16-7-4-8-17(15-16)22-27(25,26)18-9-2-1-3-10-18/h1-4,6-10,12,14-15,22H,5,11,13H2,(H,21,24). The van der Waals surface area contributed by atoms with Gasteiger partial charge < -0.3 is 5.32 Å². The molecule has 2 N–H and O–H groups in total. The van der Waals surface area contributed by atoms with Crippen molar-refractivity contribution >= 4 is 27.3 Å². The summed E-state index contributed by atoms with van der Waals surface area (Å²) in [6.07, 6.45) is 4.55. The fourth-order valence-electron chi connectivity index (χ4n) is 2.53. The van der Waals surface area contributed by atoms with Crippen molar-refractivity contribution in [2.75, 3.05) is 10.0 Å². The molecule has 3 rings (SSSR count). The molecule has 0 aliphatic heterocycles. The molecule has 0 aliphatic rings. The third-order valence-corrected chi connectivity index (χ3v) is 5.20. The van der Waals surface area contributed by atoms with E-state index in [9.17, 15) is 13.2 Å². The van der Waals surface area contributed by atoms with Crippen molar-refractivity contribution in [2.24, 2.45) is 0 Å². The minimum atomic E-state index is -3.67. The van der Waals surface area contributed by atoms with Gasteiger partial charge in [-0.05, 0) is 42.8 Å². The van der Waals surface area contributed by atoms with E-state index < -0.39 is 10.0 Å². The van der Waals surface area contributed by atoms with E-state index in [2.05, 4.69) is 15.1 Å². The van der Waals surface area contributed by atoms with Gasteiger partial charge in [0, 0.05) is 31.0 Å². The quantitative estimate of drug-likeness (QED) is 0.624. The molecule has 0 aliphatic carbocycles. The molecule has 0 radical (unpaired) electrons. The minimum absolute atomic E-state index is 0.134. The van der Waals surface area contributed by atoms with Gasteiger partial charge in [0.2, 0.25) is 5.91 Å². The van der Waals surface area contributed by atoms with Crippen LogP contribution in [0.4, 0.5) is 11.4 Å². The van der Waals surface area contributed by atoms with E-state index in [-0.39, 0.29) is 10.8 Å².